The lowest BCUT2D eigenvalue weighted by Gasteiger charge is -2.51. The van der Waals surface area contributed by atoms with Crippen molar-refractivity contribution < 1.29 is 27.4 Å². The van der Waals surface area contributed by atoms with Crippen molar-refractivity contribution in [2.45, 2.75) is 60.7 Å². The van der Waals surface area contributed by atoms with E-state index >= 15 is 0 Å². The van der Waals surface area contributed by atoms with Gasteiger partial charge in [0.05, 0.1) is 17.5 Å². The summed E-state index contributed by atoms with van der Waals surface area (Å²) in [5, 5.41) is -0.850. The van der Waals surface area contributed by atoms with Crippen LogP contribution in [0.25, 0.3) is 0 Å². The summed E-state index contributed by atoms with van der Waals surface area (Å²) < 4.78 is 52.7. The van der Waals surface area contributed by atoms with Gasteiger partial charge in [0.15, 0.2) is 22.4 Å². The van der Waals surface area contributed by atoms with E-state index in [1.807, 2.05) is 49.4 Å². The van der Waals surface area contributed by atoms with Crippen molar-refractivity contribution in [3.8, 4) is 0 Å². The van der Waals surface area contributed by atoms with Crippen LogP contribution < -0.4 is 0 Å². The van der Waals surface area contributed by atoms with Crippen LogP contribution in [0, 0.1) is 6.92 Å². The molecular formula is C25H31NO6S. The van der Waals surface area contributed by atoms with Crippen molar-refractivity contribution >= 4 is 9.84 Å². The van der Waals surface area contributed by atoms with Gasteiger partial charge in [-0.3, -0.25) is 4.90 Å². The molecule has 0 aliphatic carbocycles. The van der Waals surface area contributed by atoms with Gasteiger partial charge < -0.3 is 18.9 Å². The van der Waals surface area contributed by atoms with Crippen LogP contribution in [0.2, 0.25) is 0 Å². The van der Waals surface area contributed by atoms with Crippen LogP contribution in [0.1, 0.15) is 30.3 Å². The highest BCUT2D eigenvalue weighted by Gasteiger charge is 2.57. The van der Waals surface area contributed by atoms with Crippen LogP contribution in [-0.2, 0) is 28.8 Å². The lowest BCUT2D eigenvalue weighted by molar-refractivity contribution is -0.324. The zero-order valence-corrected chi connectivity index (χ0v) is 19.8. The van der Waals surface area contributed by atoms with E-state index in [4.69, 9.17) is 18.9 Å². The molecule has 178 valence electrons. The van der Waals surface area contributed by atoms with E-state index in [0.29, 0.717) is 4.90 Å². The second-order valence-electron chi connectivity index (χ2n) is 9.01. The molecule has 3 fully saturated rings. The maximum atomic E-state index is 14.2. The van der Waals surface area contributed by atoms with Crippen molar-refractivity contribution in [2.24, 2.45) is 0 Å². The molecule has 6 atom stereocenters. The van der Waals surface area contributed by atoms with Gasteiger partial charge in [-0.05, 0) is 45.0 Å². The number of benzene rings is 2. The van der Waals surface area contributed by atoms with Gasteiger partial charge in [0.25, 0.3) is 0 Å². The standard InChI is InChI=1S/C25H31NO6S/c1-17-10-12-19(13-11-17)33(27,28)23-21(26-14-6-7-15-26)25(29-2)31-20-16-30-24(32-22(20)23)18-8-4-3-5-9-18/h3-5,8-13,20-25H,6-7,14-16H2,1-2H3/t20-,21-,22-,23-,24-,25-/m1/s1. The molecular weight excluding hydrogens is 442 g/mol. The molecule has 0 spiro atoms. The molecule has 0 aromatic heterocycles. The minimum absolute atomic E-state index is 0.233. The van der Waals surface area contributed by atoms with Gasteiger partial charge in [-0.2, -0.15) is 0 Å². The molecule has 0 N–H and O–H groups in total. The first kappa shape index (κ1) is 23.0. The Bertz CT molecular complexity index is 1040. The Hall–Kier alpha value is -1.81. The summed E-state index contributed by atoms with van der Waals surface area (Å²) >= 11 is 0. The van der Waals surface area contributed by atoms with Gasteiger partial charge in [0, 0.05) is 12.7 Å². The zero-order valence-electron chi connectivity index (χ0n) is 19.0. The number of ether oxygens (including phenoxy) is 4. The minimum atomic E-state index is -3.77. The Morgan fingerprint density at radius 2 is 1.67 bits per heavy atom. The number of hydrogen-bond acceptors (Lipinski definition) is 7. The molecule has 3 heterocycles. The van der Waals surface area contributed by atoms with Gasteiger partial charge in [-0.1, -0.05) is 48.0 Å². The molecule has 3 saturated heterocycles. The molecule has 2 aromatic carbocycles. The van der Waals surface area contributed by atoms with Crippen molar-refractivity contribution in [2.75, 3.05) is 26.8 Å². The molecule has 0 saturated carbocycles. The number of hydrogen-bond donors (Lipinski definition) is 0. The lowest BCUT2D eigenvalue weighted by atomic mass is 9.97. The summed E-state index contributed by atoms with van der Waals surface area (Å²) in [5.74, 6) is 0. The smallest absolute Gasteiger partial charge is 0.185 e. The Labute approximate surface area is 195 Å². The highest BCUT2D eigenvalue weighted by molar-refractivity contribution is 7.92. The van der Waals surface area contributed by atoms with E-state index in [1.165, 1.54) is 0 Å². The fourth-order valence-corrected chi connectivity index (χ4v) is 7.29. The molecule has 33 heavy (non-hydrogen) atoms. The zero-order chi connectivity index (χ0) is 23.0. The molecule has 8 heteroatoms. The first-order valence-electron chi connectivity index (χ1n) is 11.5. The van der Waals surface area contributed by atoms with Crippen molar-refractivity contribution in [3.63, 3.8) is 0 Å². The molecule has 2 aromatic rings. The molecule has 3 aliphatic heterocycles. The first-order valence-corrected chi connectivity index (χ1v) is 13.1. The van der Waals surface area contributed by atoms with Gasteiger partial charge in [0.1, 0.15) is 17.5 Å². The predicted molar refractivity (Wildman–Crippen MR) is 122 cm³/mol. The number of nitrogens with zero attached hydrogens (tertiary/aromatic N) is 1. The van der Waals surface area contributed by atoms with Gasteiger partial charge in [-0.15, -0.1) is 0 Å². The number of methoxy groups -OCH3 is 1. The maximum absolute atomic E-state index is 14.2. The Morgan fingerprint density at radius 1 is 0.970 bits per heavy atom. The van der Waals surface area contributed by atoms with Crippen LogP contribution >= 0.6 is 0 Å². The average molecular weight is 474 g/mol. The average Bonchev–Trinajstić information content (AvgIpc) is 3.38. The van der Waals surface area contributed by atoms with Crippen LogP contribution in [-0.4, -0.2) is 69.9 Å². The van der Waals surface area contributed by atoms with E-state index in [2.05, 4.69) is 4.90 Å². The van der Waals surface area contributed by atoms with Crippen molar-refractivity contribution in [1.82, 2.24) is 4.90 Å². The molecule has 3 aliphatic rings. The number of fused-ring (bicyclic) bond motifs is 1. The van der Waals surface area contributed by atoms with Gasteiger partial charge >= 0.3 is 0 Å². The summed E-state index contributed by atoms with van der Waals surface area (Å²) in [4.78, 5) is 2.49. The lowest BCUT2D eigenvalue weighted by Crippen LogP contribution is -2.68. The van der Waals surface area contributed by atoms with E-state index in [-0.39, 0.29) is 6.61 Å². The first-order chi connectivity index (χ1) is 16.0. The number of likely N-dealkylation sites (tertiary alicyclic amines) is 1. The fraction of sp³-hybridized carbons (Fsp3) is 0.520. The Kier molecular flexibility index (Phi) is 6.57. The van der Waals surface area contributed by atoms with E-state index < -0.39 is 45.9 Å². The third-order valence-corrected chi connectivity index (χ3v) is 9.07. The highest BCUT2D eigenvalue weighted by Crippen LogP contribution is 2.41. The summed E-state index contributed by atoms with van der Waals surface area (Å²) in [6.45, 7) is 3.80. The van der Waals surface area contributed by atoms with Gasteiger partial charge in [-0.25, -0.2) is 8.42 Å². The van der Waals surface area contributed by atoms with Crippen molar-refractivity contribution in [1.29, 1.82) is 0 Å². The SMILES string of the molecule is CO[C@@H]1O[C@@H]2CO[C@@H](c3ccccc3)O[C@H]2[C@H](S(=O)(=O)c2ccc(C)cc2)[C@H]1N1CCCC1. The highest BCUT2D eigenvalue weighted by atomic mass is 32.2. The molecule has 5 rings (SSSR count). The van der Waals surface area contributed by atoms with Crippen LogP contribution in [0.4, 0.5) is 0 Å². The van der Waals surface area contributed by atoms with E-state index in [0.717, 1.165) is 37.1 Å². The topological polar surface area (TPSA) is 74.3 Å². The molecule has 0 bridgehead atoms. The van der Waals surface area contributed by atoms with Crippen LogP contribution in [0.3, 0.4) is 0 Å². The normalized spacial score (nSPS) is 33.0. The van der Waals surface area contributed by atoms with E-state index in [1.54, 1.807) is 19.2 Å². The number of rotatable bonds is 5. The number of sulfone groups is 1. The molecule has 0 amide bonds. The molecule has 7 nitrogen and oxygen atoms in total. The second kappa shape index (κ2) is 9.44. The molecule has 0 unspecified atom stereocenters. The Balaban J connectivity index is 1.57. The third-order valence-electron chi connectivity index (χ3n) is 6.88. The van der Waals surface area contributed by atoms with Gasteiger partial charge in [0.2, 0.25) is 0 Å². The van der Waals surface area contributed by atoms with Crippen LogP contribution in [0.5, 0.6) is 0 Å². The van der Waals surface area contributed by atoms with Crippen LogP contribution in [0.15, 0.2) is 59.5 Å². The van der Waals surface area contributed by atoms with Crippen molar-refractivity contribution in [3.05, 3.63) is 65.7 Å². The summed E-state index contributed by atoms with van der Waals surface area (Å²) in [6, 6.07) is 16.2. The maximum Gasteiger partial charge on any atom is 0.185 e. The minimum Gasteiger partial charge on any atom is -0.354 e. The monoisotopic (exact) mass is 473 g/mol. The largest absolute Gasteiger partial charge is 0.354 e. The summed E-state index contributed by atoms with van der Waals surface area (Å²) in [7, 11) is -2.20. The van der Waals surface area contributed by atoms with E-state index in [9.17, 15) is 8.42 Å². The Morgan fingerprint density at radius 3 is 2.33 bits per heavy atom. The summed E-state index contributed by atoms with van der Waals surface area (Å²) in [5.41, 5.74) is 1.87. The quantitative estimate of drug-likeness (QED) is 0.661. The fourth-order valence-electron chi connectivity index (χ4n) is 5.20. The molecule has 0 radical (unpaired) electrons. The summed E-state index contributed by atoms with van der Waals surface area (Å²) in [6.07, 6.45) is -0.518. The third kappa shape index (κ3) is 4.36. The number of aryl methyl sites for hydroxylation is 1. The predicted octanol–water partition coefficient (Wildman–Crippen LogP) is 3.09. The second-order valence-corrected chi connectivity index (χ2v) is 11.1.